The fourth-order valence-electron chi connectivity index (χ4n) is 2.83. The van der Waals surface area contributed by atoms with E-state index in [9.17, 15) is 14.7 Å². The van der Waals surface area contributed by atoms with E-state index in [2.05, 4.69) is 15.5 Å². The number of aromatic carboxylic acids is 1. The molecule has 3 aromatic rings. The molecule has 1 amide bonds. The number of carboxylic acid groups (broad SMARTS) is 1. The van der Waals surface area contributed by atoms with Crippen LogP contribution in [0.15, 0.2) is 30.5 Å². The van der Waals surface area contributed by atoms with E-state index < -0.39 is 11.9 Å². The summed E-state index contributed by atoms with van der Waals surface area (Å²) in [5, 5.41) is 21.0. The molecule has 0 aliphatic heterocycles. The van der Waals surface area contributed by atoms with Crippen LogP contribution in [-0.4, -0.2) is 36.5 Å². The van der Waals surface area contributed by atoms with Crippen molar-refractivity contribution < 1.29 is 14.7 Å². The van der Waals surface area contributed by atoms with Crippen molar-refractivity contribution in [1.82, 2.24) is 19.6 Å². The van der Waals surface area contributed by atoms with Crippen molar-refractivity contribution in [3.63, 3.8) is 0 Å². The summed E-state index contributed by atoms with van der Waals surface area (Å²) in [6.07, 6.45) is 1.15. The highest BCUT2D eigenvalue weighted by molar-refractivity contribution is 6.30. The van der Waals surface area contributed by atoms with Gasteiger partial charge in [0.05, 0.1) is 29.8 Å². The second-order valence-electron chi connectivity index (χ2n) is 6.12. The first kappa shape index (κ1) is 18.7. The topological polar surface area (TPSA) is 102 Å². The largest absolute Gasteiger partial charge is 0.478 e. The second-order valence-corrected chi connectivity index (χ2v) is 6.56. The number of aryl methyl sites for hydroxylation is 2. The zero-order valence-electron chi connectivity index (χ0n) is 15.0. The smallest absolute Gasteiger partial charge is 0.339 e. The monoisotopic (exact) mass is 387 g/mol. The summed E-state index contributed by atoms with van der Waals surface area (Å²) in [5.41, 5.74) is 2.78. The van der Waals surface area contributed by atoms with Gasteiger partial charge in [0.25, 0.3) is 5.91 Å². The number of halogens is 1. The number of carboxylic acids is 1. The lowest BCUT2D eigenvalue weighted by Crippen LogP contribution is -2.20. The molecule has 0 aliphatic rings. The molecule has 2 aromatic heterocycles. The number of aromatic nitrogens is 4. The number of carbonyl (C=O) groups excluding carboxylic acids is 1. The third-order valence-corrected chi connectivity index (χ3v) is 4.50. The molecule has 27 heavy (non-hydrogen) atoms. The van der Waals surface area contributed by atoms with Gasteiger partial charge in [-0.1, -0.05) is 23.7 Å². The zero-order valence-corrected chi connectivity index (χ0v) is 15.8. The van der Waals surface area contributed by atoms with Crippen molar-refractivity contribution in [2.24, 2.45) is 7.05 Å². The number of nitrogens with one attached hydrogen (secondary N) is 1. The third kappa shape index (κ3) is 3.70. The van der Waals surface area contributed by atoms with Gasteiger partial charge in [-0.25, -0.2) is 4.79 Å². The first-order chi connectivity index (χ1) is 12.8. The van der Waals surface area contributed by atoms with Gasteiger partial charge in [0, 0.05) is 12.1 Å². The lowest BCUT2D eigenvalue weighted by Gasteiger charge is -2.08. The molecular weight excluding hydrogens is 370 g/mol. The molecule has 9 heteroatoms. The van der Waals surface area contributed by atoms with Crippen LogP contribution in [0.4, 0.5) is 5.69 Å². The molecule has 1 aromatic carbocycles. The van der Waals surface area contributed by atoms with Gasteiger partial charge in [0.1, 0.15) is 11.3 Å². The van der Waals surface area contributed by atoms with Gasteiger partial charge in [0.15, 0.2) is 0 Å². The van der Waals surface area contributed by atoms with Crippen LogP contribution in [0, 0.1) is 13.8 Å². The van der Waals surface area contributed by atoms with Crippen molar-refractivity contribution in [3.8, 4) is 0 Å². The number of nitrogens with zero attached hydrogens (tertiary/aromatic N) is 4. The zero-order chi connectivity index (χ0) is 19.7. The van der Waals surface area contributed by atoms with E-state index in [4.69, 9.17) is 11.6 Å². The molecule has 0 spiro atoms. The second kappa shape index (κ2) is 7.24. The normalized spacial score (nSPS) is 10.8. The number of hydrogen-bond acceptors (Lipinski definition) is 4. The van der Waals surface area contributed by atoms with Crippen LogP contribution in [0.2, 0.25) is 5.02 Å². The van der Waals surface area contributed by atoms with Gasteiger partial charge < -0.3 is 10.4 Å². The Labute approximate surface area is 160 Å². The standard InChI is InChI=1S/C18H18ClN5O3/c1-10-15(21-17(25)16-14(18(26)27)8-20-23(16)3)11(2)24(22-10)9-12-4-6-13(19)7-5-12/h4-8H,9H2,1-3H3,(H,21,25)(H,26,27). The minimum absolute atomic E-state index is 0.0215. The van der Waals surface area contributed by atoms with Gasteiger partial charge in [-0.3, -0.25) is 14.2 Å². The predicted octanol–water partition coefficient (Wildman–Crippen LogP) is 2.89. The third-order valence-electron chi connectivity index (χ3n) is 4.25. The van der Waals surface area contributed by atoms with Crippen molar-refractivity contribution in [2.45, 2.75) is 20.4 Å². The van der Waals surface area contributed by atoms with Crippen LogP contribution < -0.4 is 5.32 Å². The van der Waals surface area contributed by atoms with E-state index in [1.54, 1.807) is 23.7 Å². The minimum Gasteiger partial charge on any atom is -0.478 e. The van der Waals surface area contributed by atoms with Crippen molar-refractivity contribution in [1.29, 1.82) is 0 Å². The highest BCUT2D eigenvalue weighted by Crippen LogP contribution is 2.22. The van der Waals surface area contributed by atoms with Gasteiger partial charge in [-0.2, -0.15) is 10.2 Å². The molecule has 0 bridgehead atoms. The summed E-state index contributed by atoms with van der Waals surface area (Å²) in [4.78, 5) is 23.9. The van der Waals surface area contributed by atoms with Crippen LogP contribution >= 0.6 is 11.6 Å². The Morgan fingerprint density at radius 1 is 1.22 bits per heavy atom. The molecular formula is C18H18ClN5O3. The number of benzene rings is 1. The average Bonchev–Trinajstić information content (AvgIpc) is 3.12. The Hall–Kier alpha value is -3.13. The van der Waals surface area contributed by atoms with Gasteiger partial charge in [0.2, 0.25) is 0 Å². The van der Waals surface area contributed by atoms with E-state index in [0.29, 0.717) is 22.9 Å². The molecule has 2 N–H and O–H groups in total. The summed E-state index contributed by atoms with van der Waals surface area (Å²) in [7, 11) is 1.52. The Bertz CT molecular complexity index is 1020. The summed E-state index contributed by atoms with van der Waals surface area (Å²) >= 11 is 5.91. The highest BCUT2D eigenvalue weighted by atomic mass is 35.5. The molecule has 3 rings (SSSR count). The quantitative estimate of drug-likeness (QED) is 0.700. The van der Waals surface area contributed by atoms with Gasteiger partial charge >= 0.3 is 5.97 Å². The van der Waals surface area contributed by atoms with Gasteiger partial charge in [-0.15, -0.1) is 0 Å². The maximum absolute atomic E-state index is 12.6. The van der Waals surface area contributed by atoms with Crippen molar-refractivity contribution >= 4 is 29.2 Å². The van der Waals surface area contributed by atoms with Crippen LogP contribution in [0.1, 0.15) is 37.8 Å². The Morgan fingerprint density at radius 2 is 1.89 bits per heavy atom. The van der Waals surface area contributed by atoms with Crippen LogP contribution in [0.5, 0.6) is 0 Å². The van der Waals surface area contributed by atoms with E-state index in [1.807, 2.05) is 19.1 Å². The van der Waals surface area contributed by atoms with Gasteiger partial charge in [-0.05, 0) is 31.5 Å². The Kier molecular flexibility index (Phi) is 5.00. The lowest BCUT2D eigenvalue weighted by molar-refractivity contribution is 0.0692. The number of amides is 1. The number of hydrogen-bond donors (Lipinski definition) is 2. The number of carbonyl (C=O) groups is 2. The molecule has 2 heterocycles. The molecule has 0 saturated carbocycles. The summed E-state index contributed by atoms with van der Waals surface area (Å²) in [5.74, 6) is -1.76. The molecule has 0 fully saturated rings. The highest BCUT2D eigenvalue weighted by Gasteiger charge is 2.23. The summed E-state index contributed by atoms with van der Waals surface area (Å²) in [6.45, 7) is 4.14. The van der Waals surface area contributed by atoms with Crippen LogP contribution in [0.3, 0.4) is 0 Å². The summed E-state index contributed by atoms with van der Waals surface area (Å²) < 4.78 is 3.01. The molecule has 0 atom stereocenters. The molecule has 140 valence electrons. The average molecular weight is 388 g/mol. The number of rotatable bonds is 5. The van der Waals surface area contributed by atoms with E-state index >= 15 is 0 Å². The van der Waals surface area contributed by atoms with Crippen LogP contribution in [-0.2, 0) is 13.6 Å². The molecule has 0 unspecified atom stereocenters. The fraction of sp³-hybridized carbons (Fsp3) is 0.222. The predicted molar refractivity (Wildman–Crippen MR) is 100 cm³/mol. The molecule has 0 radical (unpaired) electrons. The van der Waals surface area contributed by atoms with E-state index in [0.717, 1.165) is 17.5 Å². The number of anilines is 1. The first-order valence-corrected chi connectivity index (χ1v) is 8.50. The van der Waals surface area contributed by atoms with Crippen molar-refractivity contribution in [2.75, 3.05) is 5.32 Å². The van der Waals surface area contributed by atoms with Crippen molar-refractivity contribution in [3.05, 3.63) is 63.7 Å². The Balaban J connectivity index is 1.87. The Morgan fingerprint density at radius 3 is 2.52 bits per heavy atom. The molecule has 8 nitrogen and oxygen atoms in total. The lowest BCUT2D eigenvalue weighted by atomic mass is 10.2. The minimum atomic E-state index is -1.21. The molecule has 0 saturated heterocycles. The van der Waals surface area contributed by atoms with E-state index in [1.165, 1.54) is 11.7 Å². The first-order valence-electron chi connectivity index (χ1n) is 8.13. The molecule has 0 aliphatic carbocycles. The SMILES string of the molecule is Cc1nn(Cc2ccc(Cl)cc2)c(C)c1NC(=O)c1c(C(=O)O)cnn1C. The maximum atomic E-state index is 12.6. The van der Waals surface area contributed by atoms with Crippen LogP contribution in [0.25, 0.3) is 0 Å². The maximum Gasteiger partial charge on any atom is 0.339 e. The summed E-state index contributed by atoms with van der Waals surface area (Å²) in [6, 6.07) is 7.43. The van der Waals surface area contributed by atoms with E-state index in [-0.39, 0.29) is 11.3 Å². The fourth-order valence-corrected chi connectivity index (χ4v) is 2.96.